The number of hydrogen-bond acceptors (Lipinski definition) is 6. The molecule has 11 heteroatoms. The number of carbonyl (C=O) groups is 2. The fourth-order valence-corrected chi connectivity index (χ4v) is 3.04. The fraction of sp³-hybridized carbons (Fsp3) is 0.318. The van der Waals surface area contributed by atoms with E-state index in [0.717, 1.165) is 28.1 Å². The highest BCUT2D eigenvalue weighted by molar-refractivity contribution is 5.77. The Morgan fingerprint density at radius 2 is 1.76 bits per heavy atom. The van der Waals surface area contributed by atoms with Crippen molar-refractivity contribution in [3.63, 3.8) is 0 Å². The Balaban J connectivity index is 1.68. The van der Waals surface area contributed by atoms with Gasteiger partial charge in [-0.05, 0) is 36.8 Å². The number of aromatic nitrogens is 4. The van der Waals surface area contributed by atoms with Gasteiger partial charge in [0.2, 0.25) is 11.7 Å². The third kappa shape index (κ3) is 6.61. The van der Waals surface area contributed by atoms with Crippen molar-refractivity contribution in [1.82, 2.24) is 25.5 Å². The largest absolute Gasteiger partial charge is 0.466 e. The van der Waals surface area contributed by atoms with E-state index in [1.165, 1.54) is 12.1 Å². The number of rotatable bonds is 8. The molecule has 33 heavy (non-hydrogen) atoms. The van der Waals surface area contributed by atoms with Gasteiger partial charge in [0, 0.05) is 5.56 Å². The van der Waals surface area contributed by atoms with Crippen LogP contribution in [0.15, 0.2) is 48.5 Å². The second kappa shape index (κ2) is 10.2. The zero-order valence-corrected chi connectivity index (χ0v) is 18.0. The zero-order chi connectivity index (χ0) is 24.0. The van der Waals surface area contributed by atoms with Gasteiger partial charge >= 0.3 is 12.1 Å². The Hall–Kier alpha value is -3.76. The van der Waals surface area contributed by atoms with Gasteiger partial charge in [0.05, 0.1) is 24.6 Å². The van der Waals surface area contributed by atoms with Crippen LogP contribution in [0.2, 0.25) is 0 Å². The number of alkyl halides is 3. The van der Waals surface area contributed by atoms with E-state index in [2.05, 4.69) is 20.7 Å². The van der Waals surface area contributed by atoms with Crippen LogP contribution in [-0.4, -0.2) is 38.7 Å². The van der Waals surface area contributed by atoms with Crippen LogP contribution >= 0.6 is 0 Å². The summed E-state index contributed by atoms with van der Waals surface area (Å²) < 4.78 is 43.1. The molecule has 2 aromatic carbocycles. The highest BCUT2D eigenvalue weighted by atomic mass is 19.4. The van der Waals surface area contributed by atoms with Crippen LogP contribution in [0.25, 0.3) is 11.4 Å². The van der Waals surface area contributed by atoms with Gasteiger partial charge in [-0.2, -0.15) is 18.0 Å². The van der Waals surface area contributed by atoms with Crippen molar-refractivity contribution in [2.24, 2.45) is 0 Å². The van der Waals surface area contributed by atoms with Gasteiger partial charge < -0.3 is 10.1 Å². The van der Waals surface area contributed by atoms with Gasteiger partial charge in [-0.1, -0.05) is 42.0 Å². The van der Waals surface area contributed by atoms with E-state index in [1.807, 2.05) is 31.2 Å². The highest BCUT2D eigenvalue weighted by Crippen LogP contribution is 2.30. The molecule has 0 fully saturated rings. The first kappa shape index (κ1) is 23.9. The summed E-state index contributed by atoms with van der Waals surface area (Å²) in [5.74, 6) is -0.841. The number of tetrazole rings is 1. The average molecular weight is 461 g/mol. The summed E-state index contributed by atoms with van der Waals surface area (Å²) in [7, 11) is 0. The number of nitrogens with zero attached hydrogens (tertiary/aromatic N) is 4. The van der Waals surface area contributed by atoms with Crippen molar-refractivity contribution in [3.8, 4) is 11.4 Å². The van der Waals surface area contributed by atoms with Gasteiger partial charge in [0.25, 0.3) is 0 Å². The number of hydrogen-bond donors (Lipinski definition) is 1. The Morgan fingerprint density at radius 3 is 2.36 bits per heavy atom. The first-order valence-corrected chi connectivity index (χ1v) is 10.1. The molecule has 1 N–H and O–H groups in total. The molecular weight excluding hydrogens is 439 g/mol. The Kier molecular flexibility index (Phi) is 7.41. The number of esters is 1. The van der Waals surface area contributed by atoms with E-state index in [4.69, 9.17) is 4.74 Å². The number of nitrogens with one attached hydrogen (secondary N) is 1. The number of aryl methyl sites for hydroxylation is 1. The summed E-state index contributed by atoms with van der Waals surface area (Å²) in [4.78, 5) is 25.6. The second-order valence-electron chi connectivity index (χ2n) is 7.26. The topological polar surface area (TPSA) is 99.0 Å². The lowest BCUT2D eigenvalue weighted by atomic mass is 10.0. The number of benzene rings is 2. The van der Waals surface area contributed by atoms with Gasteiger partial charge in [0.15, 0.2) is 0 Å². The predicted octanol–water partition coefficient (Wildman–Crippen LogP) is 3.48. The van der Waals surface area contributed by atoms with E-state index in [1.54, 1.807) is 6.92 Å². The minimum atomic E-state index is -4.45. The predicted molar refractivity (Wildman–Crippen MR) is 112 cm³/mol. The summed E-state index contributed by atoms with van der Waals surface area (Å²) in [5.41, 5.74) is 1.30. The van der Waals surface area contributed by atoms with E-state index >= 15 is 0 Å². The van der Waals surface area contributed by atoms with Crippen molar-refractivity contribution in [3.05, 3.63) is 65.2 Å². The van der Waals surface area contributed by atoms with Crippen LogP contribution in [0.5, 0.6) is 0 Å². The molecule has 0 aliphatic heterocycles. The molecule has 0 spiro atoms. The van der Waals surface area contributed by atoms with E-state index in [0.29, 0.717) is 5.56 Å². The standard InChI is InChI=1S/C22H22F3N5O3/c1-3-33-20(32)12-18(15-6-4-14(2)5-7-15)26-19(31)13-30-28-21(27-29-30)16-8-10-17(11-9-16)22(23,24)25/h4-11,18H,3,12-13H2,1-2H3,(H,26,31). The van der Waals surface area contributed by atoms with Gasteiger partial charge in [0.1, 0.15) is 6.54 Å². The summed E-state index contributed by atoms with van der Waals surface area (Å²) in [5, 5.41) is 14.4. The van der Waals surface area contributed by atoms with Gasteiger partial charge in [-0.3, -0.25) is 9.59 Å². The summed E-state index contributed by atoms with van der Waals surface area (Å²) in [6.07, 6.45) is -4.50. The molecule has 8 nitrogen and oxygen atoms in total. The lowest BCUT2D eigenvalue weighted by Gasteiger charge is -2.18. The molecule has 1 unspecified atom stereocenters. The summed E-state index contributed by atoms with van der Waals surface area (Å²) in [6, 6.07) is 11.1. The van der Waals surface area contributed by atoms with Crippen molar-refractivity contribution < 1.29 is 27.5 Å². The summed E-state index contributed by atoms with van der Waals surface area (Å²) >= 11 is 0. The molecule has 3 aromatic rings. The monoisotopic (exact) mass is 461 g/mol. The second-order valence-corrected chi connectivity index (χ2v) is 7.26. The first-order valence-electron chi connectivity index (χ1n) is 10.1. The molecule has 174 valence electrons. The van der Waals surface area contributed by atoms with E-state index < -0.39 is 29.7 Å². The molecule has 0 saturated carbocycles. The molecule has 1 aromatic heterocycles. The summed E-state index contributed by atoms with van der Waals surface area (Å²) in [6.45, 7) is 3.55. The molecule has 3 rings (SSSR count). The molecule has 0 bridgehead atoms. The van der Waals surface area contributed by atoms with Crippen molar-refractivity contribution in [2.75, 3.05) is 6.61 Å². The first-order chi connectivity index (χ1) is 15.7. The van der Waals surface area contributed by atoms with Gasteiger partial charge in [-0.25, -0.2) is 0 Å². The third-order valence-corrected chi connectivity index (χ3v) is 4.70. The minimum absolute atomic E-state index is 0.0514. The van der Waals surface area contributed by atoms with Crippen LogP contribution in [0.4, 0.5) is 13.2 Å². The Morgan fingerprint density at radius 1 is 1.09 bits per heavy atom. The Bertz CT molecular complexity index is 1100. The van der Waals surface area contributed by atoms with Crippen LogP contribution in [0, 0.1) is 6.92 Å². The lowest BCUT2D eigenvalue weighted by Crippen LogP contribution is -2.33. The normalized spacial score (nSPS) is 12.3. The molecule has 0 radical (unpaired) electrons. The van der Waals surface area contributed by atoms with Crippen LogP contribution in [-0.2, 0) is 27.0 Å². The van der Waals surface area contributed by atoms with Crippen LogP contribution < -0.4 is 5.32 Å². The quantitative estimate of drug-likeness (QED) is 0.516. The smallest absolute Gasteiger partial charge is 0.416 e. The lowest BCUT2D eigenvalue weighted by molar-refractivity contribution is -0.144. The van der Waals surface area contributed by atoms with Crippen LogP contribution in [0.3, 0.4) is 0 Å². The number of amides is 1. The zero-order valence-electron chi connectivity index (χ0n) is 18.0. The SMILES string of the molecule is CCOC(=O)CC(NC(=O)Cn1nnc(-c2ccc(C(F)(F)F)cc2)n1)c1ccc(C)cc1. The molecule has 1 amide bonds. The van der Waals surface area contributed by atoms with E-state index in [-0.39, 0.29) is 25.4 Å². The highest BCUT2D eigenvalue weighted by Gasteiger charge is 2.30. The fourth-order valence-electron chi connectivity index (χ4n) is 3.04. The third-order valence-electron chi connectivity index (χ3n) is 4.70. The molecule has 1 atom stereocenters. The maximum absolute atomic E-state index is 12.7. The molecule has 0 aliphatic carbocycles. The number of halogens is 3. The van der Waals surface area contributed by atoms with E-state index in [9.17, 15) is 22.8 Å². The van der Waals surface area contributed by atoms with Gasteiger partial charge in [-0.15, -0.1) is 10.2 Å². The van der Waals surface area contributed by atoms with Crippen LogP contribution in [0.1, 0.15) is 36.1 Å². The maximum Gasteiger partial charge on any atom is 0.416 e. The number of ether oxygens (including phenoxy) is 1. The molecule has 0 aliphatic rings. The maximum atomic E-state index is 12.7. The molecule has 1 heterocycles. The average Bonchev–Trinajstić information content (AvgIpc) is 3.22. The molecule has 0 saturated heterocycles. The van der Waals surface area contributed by atoms with Crippen molar-refractivity contribution in [2.45, 2.75) is 39.0 Å². The molecular formula is C22H22F3N5O3. The minimum Gasteiger partial charge on any atom is -0.466 e. The number of carbonyl (C=O) groups excluding carboxylic acids is 2. The van der Waals surface area contributed by atoms with Crippen molar-refractivity contribution >= 4 is 11.9 Å². The Labute approximate surface area is 187 Å². The van der Waals surface area contributed by atoms with Crippen molar-refractivity contribution in [1.29, 1.82) is 0 Å².